The number of rotatable bonds is 6. The zero-order valence-electron chi connectivity index (χ0n) is 20.3. The maximum Gasteiger partial charge on any atom is 0.231 e. The third-order valence-electron chi connectivity index (χ3n) is 8.33. The Labute approximate surface area is 207 Å². The number of nitrogens with zero attached hydrogens (tertiary/aromatic N) is 3. The Kier molecular flexibility index (Phi) is 6.08. The molecule has 9 heteroatoms. The lowest BCUT2D eigenvalue weighted by Gasteiger charge is -2.21. The molecule has 6 rings (SSSR count). The molecule has 3 atom stereocenters. The standard InChI is InChI=1S/C26H34N4O4S/c1-17-9-23-24(34-16-33-23)12-18(17)13-30-14-19-10-21(11-20(19)15-30)27-25-7-8-26(29-28-25)35(31,32)22-5-3-2-4-6-22/h7-9,12,19-22H,2-6,10-11,13-16H2,1H3,(H,27,28)/t19-,20?,21?/m1/s1. The lowest BCUT2D eigenvalue weighted by molar-refractivity contribution is 0.174. The fourth-order valence-electron chi connectivity index (χ4n) is 6.45. The number of benzene rings is 1. The minimum absolute atomic E-state index is 0.118. The molecule has 0 amide bonds. The van der Waals surface area contributed by atoms with Crippen LogP contribution < -0.4 is 14.8 Å². The van der Waals surface area contributed by atoms with E-state index in [1.807, 2.05) is 0 Å². The monoisotopic (exact) mass is 498 g/mol. The van der Waals surface area contributed by atoms with Crippen molar-refractivity contribution in [3.63, 3.8) is 0 Å². The largest absolute Gasteiger partial charge is 0.454 e. The van der Waals surface area contributed by atoms with E-state index in [1.165, 1.54) is 11.1 Å². The van der Waals surface area contributed by atoms with Crippen molar-refractivity contribution in [1.29, 1.82) is 0 Å². The van der Waals surface area contributed by atoms with Crippen molar-refractivity contribution in [2.75, 3.05) is 25.2 Å². The molecule has 0 bridgehead atoms. The first kappa shape index (κ1) is 23.0. The summed E-state index contributed by atoms with van der Waals surface area (Å²) in [6, 6.07) is 7.99. The molecule has 8 nitrogen and oxygen atoms in total. The Bertz CT molecular complexity index is 1170. The molecule has 35 heavy (non-hydrogen) atoms. The second-order valence-electron chi connectivity index (χ2n) is 10.7. The predicted octanol–water partition coefficient (Wildman–Crippen LogP) is 3.94. The highest BCUT2D eigenvalue weighted by Gasteiger charge is 2.41. The number of aryl methyl sites for hydroxylation is 1. The summed E-state index contributed by atoms with van der Waals surface area (Å²) in [7, 11) is -3.38. The summed E-state index contributed by atoms with van der Waals surface area (Å²) in [4.78, 5) is 2.56. The molecule has 2 aromatic rings. The Balaban J connectivity index is 1.03. The minimum Gasteiger partial charge on any atom is -0.454 e. The number of hydrogen-bond acceptors (Lipinski definition) is 8. The fraction of sp³-hybridized carbons (Fsp3) is 0.615. The maximum absolute atomic E-state index is 12.9. The van der Waals surface area contributed by atoms with E-state index in [2.05, 4.69) is 39.5 Å². The van der Waals surface area contributed by atoms with Gasteiger partial charge in [0.05, 0.1) is 5.25 Å². The highest BCUT2D eigenvalue weighted by atomic mass is 32.2. The van der Waals surface area contributed by atoms with Crippen LogP contribution in [0.25, 0.3) is 0 Å². The van der Waals surface area contributed by atoms with E-state index in [0.717, 1.165) is 76.1 Å². The zero-order valence-corrected chi connectivity index (χ0v) is 21.1. The van der Waals surface area contributed by atoms with Crippen LogP contribution in [0.2, 0.25) is 0 Å². The first-order valence-electron chi connectivity index (χ1n) is 12.9. The van der Waals surface area contributed by atoms with E-state index in [0.29, 0.717) is 30.5 Å². The first-order valence-corrected chi connectivity index (χ1v) is 14.5. The van der Waals surface area contributed by atoms with Crippen molar-refractivity contribution < 1.29 is 17.9 Å². The van der Waals surface area contributed by atoms with E-state index >= 15 is 0 Å². The lowest BCUT2D eigenvalue weighted by Crippen LogP contribution is -2.26. The van der Waals surface area contributed by atoms with Gasteiger partial charge in [0, 0.05) is 25.7 Å². The number of hydrogen-bond donors (Lipinski definition) is 1. The predicted molar refractivity (Wildman–Crippen MR) is 132 cm³/mol. The van der Waals surface area contributed by atoms with Crippen molar-refractivity contribution in [3.8, 4) is 11.5 Å². The van der Waals surface area contributed by atoms with Crippen LogP contribution in [0, 0.1) is 18.8 Å². The Morgan fingerprint density at radius 3 is 2.40 bits per heavy atom. The molecule has 0 spiro atoms. The summed E-state index contributed by atoms with van der Waals surface area (Å²) in [6.07, 6.45) is 6.76. The SMILES string of the molecule is Cc1cc2c(cc1CN1CC3CC(Nc4ccc(S(=O)(=O)C5CCCCC5)nn4)C[C@@H]3C1)OCO2. The van der Waals surface area contributed by atoms with Gasteiger partial charge in [-0.2, -0.15) is 0 Å². The molecule has 2 aliphatic heterocycles. The van der Waals surface area contributed by atoms with Gasteiger partial charge in [-0.25, -0.2) is 8.42 Å². The summed E-state index contributed by atoms with van der Waals surface area (Å²) in [5, 5.41) is 11.7. The molecule has 1 saturated heterocycles. The molecule has 0 radical (unpaired) electrons. The van der Waals surface area contributed by atoms with Gasteiger partial charge in [-0.15, -0.1) is 10.2 Å². The smallest absolute Gasteiger partial charge is 0.231 e. The van der Waals surface area contributed by atoms with Crippen LogP contribution in [0.3, 0.4) is 0 Å². The molecule has 3 heterocycles. The van der Waals surface area contributed by atoms with E-state index in [-0.39, 0.29) is 10.3 Å². The quantitative estimate of drug-likeness (QED) is 0.640. The molecule has 3 fully saturated rings. The van der Waals surface area contributed by atoms with Crippen LogP contribution in [0.5, 0.6) is 11.5 Å². The van der Waals surface area contributed by atoms with E-state index in [4.69, 9.17) is 9.47 Å². The number of nitrogens with one attached hydrogen (secondary N) is 1. The number of aromatic nitrogens is 2. The molecular formula is C26H34N4O4S. The van der Waals surface area contributed by atoms with Crippen molar-refractivity contribution in [2.24, 2.45) is 11.8 Å². The van der Waals surface area contributed by atoms with Gasteiger partial charge in [-0.1, -0.05) is 19.3 Å². The lowest BCUT2D eigenvalue weighted by atomic mass is 10.0. The highest BCUT2D eigenvalue weighted by Crippen LogP contribution is 2.41. The van der Waals surface area contributed by atoms with Crippen LogP contribution in [0.4, 0.5) is 5.82 Å². The van der Waals surface area contributed by atoms with Gasteiger partial charge in [0.25, 0.3) is 0 Å². The molecule has 2 saturated carbocycles. The second-order valence-corrected chi connectivity index (χ2v) is 12.9. The molecule has 1 aromatic heterocycles. The molecule has 2 unspecified atom stereocenters. The second kappa shape index (κ2) is 9.24. The van der Waals surface area contributed by atoms with Crippen LogP contribution in [0.15, 0.2) is 29.3 Å². The fourth-order valence-corrected chi connectivity index (χ4v) is 8.15. The van der Waals surface area contributed by atoms with Gasteiger partial charge in [0.15, 0.2) is 26.4 Å². The summed E-state index contributed by atoms with van der Waals surface area (Å²) in [5.74, 6) is 3.71. The molecule has 2 aliphatic carbocycles. The molecule has 188 valence electrons. The summed E-state index contributed by atoms with van der Waals surface area (Å²) >= 11 is 0. The van der Waals surface area contributed by atoms with Gasteiger partial charge in [-0.3, -0.25) is 4.90 Å². The Hall–Kier alpha value is -2.39. The number of anilines is 1. The molecule has 1 aromatic carbocycles. The minimum atomic E-state index is -3.38. The number of likely N-dealkylation sites (tertiary alicyclic amines) is 1. The molecule has 4 aliphatic rings. The van der Waals surface area contributed by atoms with E-state index in [9.17, 15) is 8.42 Å². The van der Waals surface area contributed by atoms with Crippen molar-refractivity contribution in [3.05, 3.63) is 35.4 Å². The summed E-state index contributed by atoms with van der Waals surface area (Å²) in [5.41, 5.74) is 2.56. The third kappa shape index (κ3) is 4.60. The van der Waals surface area contributed by atoms with Crippen molar-refractivity contribution in [1.82, 2.24) is 15.1 Å². The van der Waals surface area contributed by atoms with Gasteiger partial charge >= 0.3 is 0 Å². The molecule has 1 N–H and O–H groups in total. The topological polar surface area (TPSA) is 93.7 Å². The average Bonchev–Trinajstić information content (AvgIpc) is 3.55. The zero-order chi connectivity index (χ0) is 24.0. The number of ether oxygens (including phenoxy) is 2. The molecular weight excluding hydrogens is 464 g/mol. The normalized spacial score (nSPS) is 26.7. The maximum atomic E-state index is 12.9. The number of sulfone groups is 1. The van der Waals surface area contributed by atoms with E-state index < -0.39 is 9.84 Å². The average molecular weight is 499 g/mol. The van der Waals surface area contributed by atoms with Gasteiger partial charge < -0.3 is 14.8 Å². The van der Waals surface area contributed by atoms with Crippen LogP contribution in [0.1, 0.15) is 56.1 Å². The third-order valence-corrected chi connectivity index (χ3v) is 10.5. The number of fused-ring (bicyclic) bond motifs is 2. The van der Waals surface area contributed by atoms with Gasteiger partial charge in [0.1, 0.15) is 5.82 Å². The summed E-state index contributed by atoms with van der Waals surface area (Å²) in [6.45, 7) is 5.59. The Morgan fingerprint density at radius 2 is 1.71 bits per heavy atom. The van der Waals surface area contributed by atoms with Crippen LogP contribution in [-0.2, 0) is 16.4 Å². The van der Waals surface area contributed by atoms with Crippen LogP contribution in [-0.4, -0.2) is 54.7 Å². The van der Waals surface area contributed by atoms with Crippen molar-refractivity contribution >= 4 is 15.7 Å². The highest BCUT2D eigenvalue weighted by molar-refractivity contribution is 7.92. The summed E-state index contributed by atoms with van der Waals surface area (Å²) < 4.78 is 36.8. The van der Waals surface area contributed by atoms with E-state index in [1.54, 1.807) is 12.1 Å². The van der Waals surface area contributed by atoms with Crippen molar-refractivity contribution in [2.45, 2.75) is 74.7 Å². The van der Waals surface area contributed by atoms with Gasteiger partial charge in [-0.05, 0) is 79.8 Å². The van der Waals surface area contributed by atoms with Gasteiger partial charge in [0.2, 0.25) is 6.79 Å². The first-order chi connectivity index (χ1) is 17.0. The Morgan fingerprint density at radius 1 is 1.00 bits per heavy atom. The van der Waals surface area contributed by atoms with Crippen LogP contribution >= 0.6 is 0 Å².